The van der Waals surface area contributed by atoms with Gasteiger partial charge in [-0.05, 0) is 24.6 Å². The normalized spacial score (nSPS) is 10.7. The molecule has 4 heteroatoms. The Hall–Kier alpha value is -2.07. The predicted octanol–water partition coefficient (Wildman–Crippen LogP) is 3.69. The van der Waals surface area contributed by atoms with Gasteiger partial charge in [-0.15, -0.1) is 0 Å². The fourth-order valence-corrected chi connectivity index (χ4v) is 1.91. The van der Waals surface area contributed by atoms with E-state index in [9.17, 15) is 0 Å². The van der Waals surface area contributed by atoms with Crippen LogP contribution in [0.4, 0.5) is 0 Å². The Morgan fingerprint density at radius 2 is 1.90 bits per heavy atom. The number of hydrogen-bond acceptors (Lipinski definition) is 4. The predicted molar refractivity (Wildman–Crippen MR) is 84.0 cm³/mol. The molecule has 1 N–H and O–H groups in total. The molecule has 0 saturated heterocycles. The molecule has 1 aromatic carbocycles. The van der Waals surface area contributed by atoms with Crippen molar-refractivity contribution in [2.75, 3.05) is 7.11 Å². The van der Waals surface area contributed by atoms with Gasteiger partial charge in [0.25, 0.3) is 0 Å². The van der Waals surface area contributed by atoms with Crippen LogP contribution in [0.5, 0.6) is 17.4 Å². The molecule has 0 aliphatic carbocycles. The Balaban J connectivity index is 2.09. The lowest BCUT2D eigenvalue weighted by Crippen LogP contribution is -2.22. The first-order valence-corrected chi connectivity index (χ1v) is 7.10. The van der Waals surface area contributed by atoms with Crippen LogP contribution in [0.2, 0.25) is 0 Å². The molecule has 0 aliphatic heterocycles. The third-order valence-electron chi connectivity index (χ3n) is 3.13. The van der Waals surface area contributed by atoms with Crippen molar-refractivity contribution in [2.45, 2.75) is 33.4 Å². The number of nitrogens with one attached hydrogen (secondary N) is 1. The summed E-state index contributed by atoms with van der Waals surface area (Å²) in [6.07, 6.45) is 0. The van der Waals surface area contributed by atoms with Crippen molar-refractivity contribution in [3.05, 3.63) is 47.7 Å². The van der Waals surface area contributed by atoms with Gasteiger partial charge in [0, 0.05) is 30.4 Å². The topological polar surface area (TPSA) is 43.4 Å². The van der Waals surface area contributed by atoms with Crippen LogP contribution < -0.4 is 14.8 Å². The minimum Gasteiger partial charge on any atom is -0.497 e. The van der Waals surface area contributed by atoms with Crippen molar-refractivity contribution in [2.24, 2.45) is 0 Å². The van der Waals surface area contributed by atoms with Gasteiger partial charge in [0.2, 0.25) is 5.88 Å². The summed E-state index contributed by atoms with van der Waals surface area (Å²) in [5, 5.41) is 3.39. The number of aromatic nitrogens is 1. The van der Waals surface area contributed by atoms with E-state index < -0.39 is 0 Å². The standard InChI is InChI=1S/C17H22N2O2/c1-12(2)18-11-14-8-9-17(19-13(14)3)21-16-7-5-6-15(10-16)20-4/h5-10,12,18H,11H2,1-4H3. The van der Waals surface area contributed by atoms with Gasteiger partial charge in [0.15, 0.2) is 0 Å². The van der Waals surface area contributed by atoms with Crippen LogP contribution in [0, 0.1) is 6.92 Å². The molecule has 0 spiro atoms. The van der Waals surface area contributed by atoms with Crippen molar-refractivity contribution in [3.63, 3.8) is 0 Å². The number of rotatable bonds is 6. The maximum Gasteiger partial charge on any atom is 0.219 e. The first-order valence-electron chi connectivity index (χ1n) is 7.10. The molecule has 0 atom stereocenters. The van der Waals surface area contributed by atoms with E-state index in [0.717, 1.165) is 18.0 Å². The largest absolute Gasteiger partial charge is 0.497 e. The SMILES string of the molecule is COc1cccc(Oc2ccc(CNC(C)C)c(C)n2)c1. The second kappa shape index (κ2) is 7.09. The number of nitrogens with zero attached hydrogens (tertiary/aromatic N) is 1. The first-order chi connectivity index (χ1) is 10.1. The third kappa shape index (κ3) is 4.46. The van der Waals surface area contributed by atoms with E-state index >= 15 is 0 Å². The van der Waals surface area contributed by atoms with E-state index in [-0.39, 0.29) is 0 Å². The van der Waals surface area contributed by atoms with E-state index in [4.69, 9.17) is 9.47 Å². The lowest BCUT2D eigenvalue weighted by atomic mass is 10.2. The molecule has 21 heavy (non-hydrogen) atoms. The molecule has 112 valence electrons. The van der Waals surface area contributed by atoms with Crippen molar-refractivity contribution >= 4 is 0 Å². The van der Waals surface area contributed by atoms with Gasteiger partial charge in [-0.2, -0.15) is 0 Å². The van der Waals surface area contributed by atoms with Gasteiger partial charge in [-0.1, -0.05) is 26.0 Å². The van der Waals surface area contributed by atoms with Crippen LogP contribution in [-0.4, -0.2) is 18.1 Å². The number of aryl methyl sites for hydroxylation is 1. The molecule has 0 bridgehead atoms. The van der Waals surface area contributed by atoms with E-state index in [1.54, 1.807) is 7.11 Å². The molecule has 0 aliphatic rings. The van der Waals surface area contributed by atoms with Crippen LogP contribution in [-0.2, 0) is 6.54 Å². The molecular formula is C17H22N2O2. The Labute approximate surface area is 126 Å². The molecule has 0 radical (unpaired) electrons. The lowest BCUT2D eigenvalue weighted by Gasteiger charge is -2.12. The van der Waals surface area contributed by atoms with E-state index in [1.165, 1.54) is 5.56 Å². The number of benzene rings is 1. The lowest BCUT2D eigenvalue weighted by molar-refractivity contribution is 0.407. The molecule has 0 fully saturated rings. The minimum atomic E-state index is 0.456. The third-order valence-corrected chi connectivity index (χ3v) is 3.13. The highest BCUT2D eigenvalue weighted by Gasteiger charge is 2.05. The molecule has 1 heterocycles. The van der Waals surface area contributed by atoms with Gasteiger partial charge < -0.3 is 14.8 Å². The second-order valence-electron chi connectivity index (χ2n) is 5.21. The number of hydrogen-bond donors (Lipinski definition) is 1. The van der Waals surface area contributed by atoms with Gasteiger partial charge in [0.1, 0.15) is 11.5 Å². The molecule has 2 aromatic rings. The summed E-state index contributed by atoms with van der Waals surface area (Å²) in [6, 6.07) is 11.9. The highest BCUT2D eigenvalue weighted by Crippen LogP contribution is 2.24. The van der Waals surface area contributed by atoms with Crippen molar-refractivity contribution < 1.29 is 9.47 Å². The molecule has 0 amide bonds. The van der Waals surface area contributed by atoms with Crippen molar-refractivity contribution in [1.82, 2.24) is 10.3 Å². The van der Waals surface area contributed by atoms with Crippen LogP contribution in [0.15, 0.2) is 36.4 Å². The zero-order chi connectivity index (χ0) is 15.2. The number of pyridine rings is 1. The van der Waals surface area contributed by atoms with E-state index in [2.05, 4.69) is 24.1 Å². The molecular weight excluding hydrogens is 264 g/mol. The Bertz CT molecular complexity index is 597. The molecule has 0 saturated carbocycles. The number of methoxy groups -OCH3 is 1. The van der Waals surface area contributed by atoms with Gasteiger partial charge in [0.05, 0.1) is 7.11 Å². The summed E-state index contributed by atoms with van der Waals surface area (Å²) in [7, 11) is 1.64. The van der Waals surface area contributed by atoms with Crippen LogP contribution in [0.25, 0.3) is 0 Å². The van der Waals surface area contributed by atoms with Crippen molar-refractivity contribution in [1.29, 1.82) is 0 Å². The average Bonchev–Trinajstić information content (AvgIpc) is 2.46. The monoisotopic (exact) mass is 286 g/mol. The maximum atomic E-state index is 5.77. The zero-order valence-corrected chi connectivity index (χ0v) is 13.0. The van der Waals surface area contributed by atoms with E-state index in [0.29, 0.717) is 17.7 Å². The average molecular weight is 286 g/mol. The fraction of sp³-hybridized carbons (Fsp3) is 0.353. The van der Waals surface area contributed by atoms with Crippen molar-refractivity contribution in [3.8, 4) is 17.4 Å². The minimum absolute atomic E-state index is 0.456. The first kappa shape index (κ1) is 15.3. The summed E-state index contributed by atoms with van der Waals surface area (Å²) < 4.78 is 11.0. The Kier molecular flexibility index (Phi) is 5.17. The van der Waals surface area contributed by atoms with Crippen LogP contribution in [0.1, 0.15) is 25.1 Å². The molecule has 2 rings (SSSR count). The Morgan fingerprint density at radius 3 is 2.57 bits per heavy atom. The summed E-state index contributed by atoms with van der Waals surface area (Å²) in [5.74, 6) is 2.07. The zero-order valence-electron chi connectivity index (χ0n) is 13.0. The molecule has 0 unspecified atom stereocenters. The van der Waals surface area contributed by atoms with Gasteiger partial charge >= 0.3 is 0 Å². The highest BCUT2D eigenvalue weighted by atomic mass is 16.5. The summed E-state index contributed by atoms with van der Waals surface area (Å²) in [6.45, 7) is 7.07. The maximum absolute atomic E-state index is 5.77. The van der Waals surface area contributed by atoms with E-state index in [1.807, 2.05) is 43.3 Å². The Morgan fingerprint density at radius 1 is 1.14 bits per heavy atom. The number of ether oxygens (including phenoxy) is 2. The molecule has 4 nitrogen and oxygen atoms in total. The molecule has 1 aromatic heterocycles. The quantitative estimate of drug-likeness (QED) is 0.879. The smallest absolute Gasteiger partial charge is 0.219 e. The summed E-state index contributed by atoms with van der Waals surface area (Å²) >= 11 is 0. The van der Waals surface area contributed by atoms with Crippen LogP contribution in [0.3, 0.4) is 0 Å². The van der Waals surface area contributed by atoms with Gasteiger partial charge in [-0.3, -0.25) is 0 Å². The summed E-state index contributed by atoms with van der Waals surface area (Å²) in [4.78, 5) is 4.50. The summed E-state index contributed by atoms with van der Waals surface area (Å²) in [5.41, 5.74) is 2.16. The second-order valence-corrected chi connectivity index (χ2v) is 5.21. The van der Waals surface area contributed by atoms with Crippen LogP contribution >= 0.6 is 0 Å². The fourth-order valence-electron chi connectivity index (χ4n) is 1.91. The highest BCUT2D eigenvalue weighted by molar-refractivity contribution is 5.36. The van der Waals surface area contributed by atoms with Gasteiger partial charge in [-0.25, -0.2) is 4.98 Å².